The molecule has 3 rings (SSSR count). The van der Waals surface area contributed by atoms with Gasteiger partial charge in [0.05, 0.1) is 6.04 Å². The van der Waals surface area contributed by atoms with Crippen molar-refractivity contribution in [2.45, 2.75) is 89.8 Å². The Morgan fingerprint density at radius 2 is 1.90 bits per heavy atom. The van der Waals surface area contributed by atoms with Crippen molar-refractivity contribution in [3.63, 3.8) is 0 Å². The van der Waals surface area contributed by atoms with E-state index in [1.807, 2.05) is 18.2 Å². The highest BCUT2D eigenvalue weighted by Gasteiger charge is 2.35. The Morgan fingerprint density at radius 1 is 1.16 bits per heavy atom. The molecule has 1 aromatic carbocycles. The Morgan fingerprint density at radius 3 is 2.61 bits per heavy atom. The zero-order valence-electron chi connectivity index (χ0n) is 19.5. The van der Waals surface area contributed by atoms with Gasteiger partial charge in [-0.15, -0.1) is 0 Å². The minimum Gasteiger partial charge on any atom is -0.486 e. The number of nitrogens with one attached hydrogen (secondary N) is 1. The summed E-state index contributed by atoms with van der Waals surface area (Å²) in [4.78, 5) is 15.1. The molecule has 31 heavy (non-hydrogen) atoms. The van der Waals surface area contributed by atoms with Crippen molar-refractivity contribution < 1.29 is 19.4 Å². The minimum absolute atomic E-state index is 0.0232. The molecule has 6 nitrogen and oxygen atoms in total. The van der Waals surface area contributed by atoms with Crippen LogP contribution in [-0.4, -0.2) is 53.8 Å². The third kappa shape index (κ3) is 6.59. The Hall–Kier alpha value is -1.79. The van der Waals surface area contributed by atoms with Gasteiger partial charge in [0.15, 0.2) is 11.5 Å². The number of likely N-dealkylation sites (tertiary alicyclic amines) is 1. The van der Waals surface area contributed by atoms with E-state index in [0.717, 1.165) is 37.8 Å². The summed E-state index contributed by atoms with van der Waals surface area (Å²) in [5.41, 5.74) is 0.824. The Kier molecular flexibility index (Phi) is 8.61. The van der Waals surface area contributed by atoms with Crippen LogP contribution in [0.3, 0.4) is 0 Å². The van der Waals surface area contributed by atoms with Crippen molar-refractivity contribution in [1.82, 2.24) is 10.2 Å². The maximum Gasteiger partial charge on any atom is 0.220 e. The number of carbonyl (C=O) groups excluding carboxylic acids is 1. The SMILES string of the molecule is CCCCCCCC(=O)N[C@H](CN1CCCC1(C)C)[C@@H](O)c1ccc2c(c1)OCCO2. The first-order valence-corrected chi connectivity index (χ1v) is 12.0. The molecule has 2 aliphatic rings. The number of aliphatic hydroxyl groups is 1. The van der Waals surface area contributed by atoms with E-state index in [-0.39, 0.29) is 17.5 Å². The summed E-state index contributed by atoms with van der Waals surface area (Å²) >= 11 is 0. The van der Waals surface area contributed by atoms with E-state index in [9.17, 15) is 9.90 Å². The molecule has 2 N–H and O–H groups in total. The zero-order valence-corrected chi connectivity index (χ0v) is 19.5. The second kappa shape index (κ2) is 11.2. The first kappa shape index (κ1) is 23.9. The van der Waals surface area contributed by atoms with E-state index in [2.05, 4.69) is 31.0 Å². The van der Waals surface area contributed by atoms with Gasteiger partial charge in [-0.2, -0.15) is 0 Å². The molecule has 2 heterocycles. The van der Waals surface area contributed by atoms with Crippen LogP contribution in [0.5, 0.6) is 11.5 Å². The van der Waals surface area contributed by atoms with Gasteiger partial charge in [0.1, 0.15) is 19.3 Å². The lowest BCUT2D eigenvalue weighted by atomic mass is 9.97. The standard InChI is InChI=1S/C25H40N2O4/c1-4-5-6-7-8-10-23(28)26-20(18-27-14-9-13-25(27,2)3)24(29)19-11-12-21-22(17-19)31-16-15-30-21/h11-12,17,20,24,29H,4-10,13-16,18H2,1-3H3,(H,26,28)/t20-,24+/m1/s1. The van der Waals surface area contributed by atoms with Crippen LogP contribution in [0.15, 0.2) is 18.2 Å². The molecule has 1 saturated heterocycles. The van der Waals surface area contributed by atoms with Gasteiger partial charge in [-0.05, 0) is 57.4 Å². The van der Waals surface area contributed by atoms with Crippen molar-refractivity contribution >= 4 is 5.91 Å². The molecule has 0 bridgehead atoms. The van der Waals surface area contributed by atoms with Gasteiger partial charge in [-0.25, -0.2) is 0 Å². The van der Waals surface area contributed by atoms with Crippen LogP contribution < -0.4 is 14.8 Å². The van der Waals surface area contributed by atoms with Gasteiger partial charge in [0.25, 0.3) is 0 Å². The third-order valence-electron chi connectivity index (χ3n) is 6.63. The highest BCUT2D eigenvalue weighted by atomic mass is 16.6. The fourth-order valence-corrected chi connectivity index (χ4v) is 4.61. The van der Waals surface area contributed by atoms with Gasteiger partial charge in [0.2, 0.25) is 5.91 Å². The molecule has 2 aliphatic heterocycles. The molecule has 6 heteroatoms. The average molecular weight is 433 g/mol. The summed E-state index contributed by atoms with van der Waals surface area (Å²) < 4.78 is 11.3. The topological polar surface area (TPSA) is 71.0 Å². The summed E-state index contributed by atoms with van der Waals surface area (Å²) in [5, 5.41) is 14.4. The molecule has 0 unspecified atom stereocenters. The Bertz CT molecular complexity index is 721. The van der Waals surface area contributed by atoms with Crippen LogP contribution in [-0.2, 0) is 4.79 Å². The largest absolute Gasteiger partial charge is 0.486 e. The number of carbonyl (C=O) groups is 1. The average Bonchev–Trinajstić information content (AvgIpc) is 3.10. The fourth-order valence-electron chi connectivity index (χ4n) is 4.61. The number of ether oxygens (including phenoxy) is 2. The quantitative estimate of drug-likeness (QED) is 0.513. The van der Waals surface area contributed by atoms with Crippen molar-refractivity contribution in [1.29, 1.82) is 0 Å². The van der Waals surface area contributed by atoms with Crippen LogP contribution in [0.2, 0.25) is 0 Å². The number of fused-ring (bicyclic) bond motifs is 1. The molecule has 0 saturated carbocycles. The van der Waals surface area contributed by atoms with Crippen LogP contribution in [0.4, 0.5) is 0 Å². The van der Waals surface area contributed by atoms with E-state index < -0.39 is 6.10 Å². The summed E-state index contributed by atoms with van der Waals surface area (Å²) in [5.74, 6) is 1.39. The highest BCUT2D eigenvalue weighted by Crippen LogP contribution is 2.34. The maximum atomic E-state index is 12.7. The second-order valence-electron chi connectivity index (χ2n) is 9.55. The number of unbranched alkanes of at least 4 members (excludes halogenated alkanes) is 4. The van der Waals surface area contributed by atoms with Gasteiger partial charge >= 0.3 is 0 Å². The van der Waals surface area contributed by atoms with E-state index in [1.165, 1.54) is 19.3 Å². The number of amides is 1. The number of aliphatic hydroxyl groups excluding tert-OH is 1. The Labute approximate surface area is 187 Å². The van der Waals surface area contributed by atoms with Crippen molar-refractivity contribution in [2.24, 2.45) is 0 Å². The fraction of sp³-hybridized carbons (Fsp3) is 0.720. The number of benzene rings is 1. The van der Waals surface area contributed by atoms with Crippen molar-refractivity contribution in [2.75, 3.05) is 26.3 Å². The van der Waals surface area contributed by atoms with Crippen molar-refractivity contribution in [3.05, 3.63) is 23.8 Å². The number of hydrogen-bond acceptors (Lipinski definition) is 5. The lowest BCUT2D eigenvalue weighted by Gasteiger charge is -2.36. The first-order valence-electron chi connectivity index (χ1n) is 12.0. The summed E-state index contributed by atoms with van der Waals surface area (Å²) in [7, 11) is 0. The molecule has 2 atom stereocenters. The van der Waals surface area contributed by atoms with Crippen molar-refractivity contribution in [3.8, 4) is 11.5 Å². The highest BCUT2D eigenvalue weighted by molar-refractivity contribution is 5.76. The maximum absolute atomic E-state index is 12.7. The first-order chi connectivity index (χ1) is 14.9. The molecule has 1 amide bonds. The third-order valence-corrected chi connectivity index (χ3v) is 6.63. The second-order valence-corrected chi connectivity index (χ2v) is 9.55. The lowest BCUT2D eigenvalue weighted by Crippen LogP contribution is -2.51. The van der Waals surface area contributed by atoms with Gasteiger partial charge in [-0.1, -0.05) is 38.7 Å². The van der Waals surface area contributed by atoms with Crippen LogP contribution >= 0.6 is 0 Å². The molecular weight excluding hydrogens is 392 g/mol. The normalized spacial score (nSPS) is 19.7. The molecule has 1 fully saturated rings. The molecule has 0 radical (unpaired) electrons. The van der Waals surface area contributed by atoms with Crippen LogP contribution in [0, 0.1) is 0 Å². The van der Waals surface area contributed by atoms with Crippen LogP contribution in [0.25, 0.3) is 0 Å². The summed E-state index contributed by atoms with van der Waals surface area (Å²) in [6.07, 6.45) is 7.54. The predicted octanol–water partition coefficient (Wildman–Crippen LogP) is 4.21. The monoisotopic (exact) mass is 432 g/mol. The minimum atomic E-state index is -0.809. The zero-order chi connectivity index (χ0) is 22.3. The van der Waals surface area contributed by atoms with E-state index in [4.69, 9.17) is 9.47 Å². The number of rotatable bonds is 11. The predicted molar refractivity (Wildman–Crippen MR) is 123 cm³/mol. The molecule has 1 aromatic rings. The van der Waals surface area contributed by atoms with Gasteiger partial charge < -0.3 is 19.9 Å². The molecule has 0 aliphatic carbocycles. The van der Waals surface area contributed by atoms with E-state index >= 15 is 0 Å². The van der Waals surface area contributed by atoms with Crippen LogP contribution in [0.1, 0.15) is 83.8 Å². The van der Waals surface area contributed by atoms with Gasteiger partial charge in [0, 0.05) is 18.5 Å². The van der Waals surface area contributed by atoms with E-state index in [1.54, 1.807) is 0 Å². The number of nitrogens with zero attached hydrogens (tertiary/aromatic N) is 1. The Balaban J connectivity index is 1.68. The smallest absolute Gasteiger partial charge is 0.220 e. The molecule has 174 valence electrons. The summed E-state index contributed by atoms with van der Waals surface area (Å²) in [6.45, 7) is 9.33. The number of hydrogen-bond donors (Lipinski definition) is 2. The summed E-state index contributed by atoms with van der Waals surface area (Å²) in [6, 6.07) is 5.19. The van der Waals surface area contributed by atoms with E-state index in [0.29, 0.717) is 37.7 Å². The molecule has 0 aromatic heterocycles. The molecular formula is C25H40N2O4. The van der Waals surface area contributed by atoms with Gasteiger partial charge in [-0.3, -0.25) is 9.69 Å². The lowest BCUT2D eigenvalue weighted by molar-refractivity contribution is -0.123. The molecule has 0 spiro atoms.